The quantitative estimate of drug-likeness (QED) is 0.355. The fraction of sp³-hybridized carbons (Fsp3) is 0.333. The zero-order valence-electron chi connectivity index (χ0n) is 18.3. The number of Topliss-reactive ketones (excluding diaryl/α,β-unsaturated/α-hetero) is 1. The number of ether oxygens (including phenoxy) is 1. The first-order valence-corrected chi connectivity index (χ1v) is 10.8. The van der Waals surface area contributed by atoms with Gasteiger partial charge >= 0.3 is 0 Å². The van der Waals surface area contributed by atoms with E-state index in [1.165, 1.54) is 23.1 Å². The van der Waals surface area contributed by atoms with E-state index in [0.29, 0.717) is 30.9 Å². The van der Waals surface area contributed by atoms with Crippen LogP contribution in [-0.2, 0) is 9.59 Å². The van der Waals surface area contributed by atoms with Gasteiger partial charge in [0.25, 0.3) is 11.7 Å². The van der Waals surface area contributed by atoms with Crippen molar-refractivity contribution >= 4 is 29.1 Å². The average Bonchev–Trinajstić information content (AvgIpc) is 3.00. The Morgan fingerprint density at radius 3 is 2.47 bits per heavy atom. The highest BCUT2D eigenvalue weighted by molar-refractivity contribution is 6.46. The van der Waals surface area contributed by atoms with Gasteiger partial charge < -0.3 is 24.7 Å². The number of aliphatic hydroxyl groups excluding tert-OH is 1. The molecule has 32 heavy (non-hydrogen) atoms. The summed E-state index contributed by atoms with van der Waals surface area (Å²) < 4.78 is 5.49. The normalized spacial score (nSPS) is 17.9. The Labute approximate surface area is 192 Å². The second-order valence-corrected chi connectivity index (χ2v) is 8.25. The van der Waals surface area contributed by atoms with Gasteiger partial charge in [0.2, 0.25) is 0 Å². The summed E-state index contributed by atoms with van der Waals surface area (Å²) in [6, 6.07) is 10.4. The lowest BCUT2D eigenvalue weighted by atomic mass is 9.95. The van der Waals surface area contributed by atoms with Gasteiger partial charge in [-0.05, 0) is 69.9 Å². The van der Waals surface area contributed by atoms with Gasteiger partial charge in [-0.3, -0.25) is 9.59 Å². The molecule has 0 aromatic heterocycles. The lowest BCUT2D eigenvalue weighted by Gasteiger charge is -2.26. The minimum atomic E-state index is -0.800. The number of hydrogen-bond acceptors (Lipinski definition) is 6. The van der Waals surface area contributed by atoms with E-state index in [1.807, 2.05) is 25.9 Å². The molecular formula is C24H27ClN2O5. The SMILES string of the molecule is CCOc1ccc(C2/C(=C(\O)c3cc(Cl)ccc3O)C(=O)C(=O)N2CCCN(C)C)cc1. The molecule has 0 radical (unpaired) electrons. The fourth-order valence-corrected chi connectivity index (χ4v) is 3.94. The summed E-state index contributed by atoms with van der Waals surface area (Å²) in [5.74, 6) is -1.53. The smallest absolute Gasteiger partial charge is 0.295 e. The van der Waals surface area contributed by atoms with Crippen LogP contribution in [0.3, 0.4) is 0 Å². The summed E-state index contributed by atoms with van der Waals surface area (Å²) in [7, 11) is 3.86. The summed E-state index contributed by atoms with van der Waals surface area (Å²) in [6.07, 6.45) is 0.649. The molecule has 0 bridgehead atoms. The first-order valence-electron chi connectivity index (χ1n) is 10.4. The Bertz CT molecular complexity index is 1030. The van der Waals surface area contributed by atoms with Crippen molar-refractivity contribution in [1.82, 2.24) is 9.80 Å². The predicted molar refractivity (Wildman–Crippen MR) is 123 cm³/mol. The summed E-state index contributed by atoms with van der Waals surface area (Å²) in [5, 5.41) is 21.6. The molecule has 0 aliphatic carbocycles. The molecule has 2 aromatic carbocycles. The Balaban J connectivity index is 2.11. The van der Waals surface area contributed by atoms with Gasteiger partial charge in [0.05, 0.1) is 23.8 Å². The molecular weight excluding hydrogens is 432 g/mol. The number of ketones is 1. The van der Waals surface area contributed by atoms with Crippen molar-refractivity contribution in [3.8, 4) is 11.5 Å². The third kappa shape index (κ3) is 4.89. The van der Waals surface area contributed by atoms with Crippen LogP contribution < -0.4 is 4.74 Å². The number of aliphatic hydroxyl groups is 1. The van der Waals surface area contributed by atoms with Gasteiger partial charge in [-0.1, -0.05) is 23.7 Å². The number of carbonyl (C=O) groups is 2. The zero-order valence-corrected chi connectivity index (χ0v) is 19.1. The minimum absolute atomic E-state index is 0.000252. The van der Waals surface area contributed by atoms with Crippen LogP contribution in [0.15, 0.2) is 48.0 Å². The van der Waals surface area contributed by atoms with Crippen LogP contribution in [0.1, 0.15) is 30.5 Å². The topological polar surface area (TPSA) is 90.3 Å². The van der Waals surface area contributed by atoms with Gasteiger partial charge in [-0.2, -0.15) is 0 Å². The molecule has 0 spiro atoms. The summed E-state index contributed by atoms with van der Waals surface area (Å²) >= 11 is 6.03. The number of halogens is 1. The lowest BCUT2D eigenvalue weighted by molar-refractivity contribution is -0.139. The molecule has 1 aliphatic rings. The van der Waals surface area contributed by atoms with E-state index in [0.717, 1.165) is 6.54 Å². The van der Waals surface area contributed by atoms with E-state index in [4.69, 9.17) is 16.3 Å². The Kier molecular flexibility index (Phi) is 7.43. The molecule has 2 aromatic rings. The molecule has 1 saturated heterocycles. The number of rotatable bonds is 8. The van der Waals surface area contributed by atoms with Crippen LogP contribution in [0.4, 0.5) is 0 Å². The lowest BCUT2D eigenvalue weighted by Crippen LogP contribution is -2.32. The molecule has 1 unspecified atom stereocenters. The number of phenolic OH excluding ortho intramolecular Hbond substituents is 1. The number of hydrogen-bond donors (Lipinski definition) is 2. The van der Waals surface area contributed by atoms with Crippen LogP contribution in [-0.4, -0.2) is 65.5 Å². The van der Waals surface area contributed by atoms with Crippen LogP contribution in [0, 0.1) is 0 Å². The third-order valence-electron chi connectivity index (χ3n) is 5.26. The van der Waals surface area contributed by atoms with Crippen molar-refractivity contribution in [3.05, 3.63) is 64.2 Å². The molecule has 1 fully saturated rings. The van der Waals surface area contributed by atoms with Gasteiger partial charge in [0.1, 0.15) is 17.3 Å². The highest BCUT2D eigenvalue weighted by atomic mass is 35.5. The van der Waals surface area contributed by atoms with Crippen molar-refractivity contribution in [2.45, 2.75) is 19.4 Å². The number of carbonyl (C=O) groups excluding carboxylic acids is 2. The molecule has 7 nitrogen and oxygen atoms in total. The van der Waals surface area contributed by atoms with E-state index >= 15 is 0 Å². The van der Waals surface area contributed by atoms with Crippen molar-refractivity contribution in [2.24, 2.45) is 0 Å². The van der Waals surface area contributed by atoms with Gasteiger partial charge in [0.15, 0.2) is 0 Å². The zero-order chi connectivity index (χ0) is 23.4. The van der Waals surface area contributed by atoms with E-state index in [2.05, 4.69) is 0 Å². The molecule has 8 heteroatoms. The van der Waals surface area contributed by atoms with Gasteiger partial charge in [0, 0.05) is 11.6 Å². The van der Waals surface area contributed by atoms with E-state index in [-0.39, 0.29) is 21.9 Å². The summed E-state index contributed by atoms with van der Waals surface area (Å²) in [4.78, 5) is 29.4. The molecule has 1 heterocycles. The first-order chi connectivity index (χ1) is 15.2. The maximum atomic E-state index is 13.0. The molecule has 2 N–H and O–H groups in total. The molecule has 1 atom stereocenters. The van der Waals surface area contributed by atoms with E-state index in [1.54, 1.807) is 24.3 Å². The van der Waals surface area contributed by atoms with Crippen LogP contribution in [0.2, 0.25) is 5.02 Å². The number of phenols is 1. The van der Waals surface area contributed by atoms with E-state index in [9.17, 15) is 19.8 Å². The molecule has 3 rings (SSSR count). The second kappa shape index (κ2) is 10.1. The average molecular weight is 459 g/mol. The van der Waals surface area contributed by atoms with Crippen molar-refractivity contribution in [1.29, 1.82) is 0 Å². The Morgan fingerprint density at radius 2 is 1.84 bits per heavy atom. The number of likely N-dealkylation sites (tertiary alicyclic amines) is 1. The van der Waals surface area contributed by atoms with E-state index < -0.39 is 23.5 Å². The number of amides is 1. The summed E-state index contributed by atoms with van der Waals surface area (Å²) in [6.45, 7) is 3.45. The van der Waals surface area contributed by atoms with Crippen LogP contribution in [0.25, 0.3) is 5.76 Å². The maximum absolute atomic E-state index is 13.0. The highest BCUT2D eigenvalue weighted by Gasteiger charge is 2.46. The predicted octanol–water partition coefficient (Wildman–Crippen LogP) is 3.82. The van der Waals surface area contributed by atoms with Crippen molar-refractivity contribution in [3.63, 3.8) is 0 Å². The van der Waals surface area contributed by atoms with Crippen molar-refractivity contribution in [2.75, 3.05) is 33.8 Å². The van der Waals surface area contributed by atoms with Crippen molar-refractivity contribution < 1.29 is 24.5 Å². The van der Waals surface area contributed by atoms with Crippen LogP contribution in [0.5, 0.6) is 11.5 Å². The Morgan fingerprint density at radius 1 is 1.16 bits per heavy atom. The fourth-order valence-electron chi connectivity index (χ4n) is 3.77. The minimum Gasteiger partial charge on any atom is -0.507 e. The number of nitrogens with zero attached hydrogens (tertiary/aromatic N) is 2. The standard InChI is InChI=1S/C24H27ClN2O5/c1-4-32-17-9-6-15(7-10-17)21-20(22(29)18-14-16(25)8-11-19(18)28)23(30)24(31)27(21)13-5-12-26(2)3/h6-11,14,21,28-29H,4-5,12-13H2,1-3H3/b22-20+. The first kappa shape index (κ1) is 23.6. The number of aromatic hydroxyl groups is 1. The summed E-state index contributed by atoms with van der Waals surface area (Å²) in [5.41, 5.74) is 0.571. The largest absolute Gasteiger partial charge is 0.507 e. The molecule has 170 valence electrons. The molecule has 1 aliphatic heterocycles. The highest BCUT2D eigenvalue weighted by Crippen LogP contribution is 2.41. The third-order valence-corrected chi connectivity index (χ3v) is 5.50. The monoisotopic (exact) mass is 458 g/mol. The maximum Gasteiger partial charge on any atom is 0.295 e. The Hall–Kier alpha value is -3.03. The van der Waals surface area contributed by atoms with Crippen LogP contribution >= 0.6 is 11.6 Å². The molecule has 1 amide bonds. The molecule has 0 saturated carbocycles. The van der Waals surface area contributed by atoms with Gasteiger partial charge in [-0.15, -0.1) is 0 Å². The second-order valence-electron chi connectivity index (χ2n) is 7.81. The van der Waals surface area contributed by atoms with Gasteiger partial charge in [-0.25, -0.2) is 0 Å². The number of benzene rings is 2.